The van der Waals surface area contributed by atoms with Gasteiger partial charge in [0.15, 0.2) is 18.0 Å². The molecule has 0 unspecified atom stereocenters. The first-order valence-corrected chi connectivity index (χ1v) is 7.78. The lowest BCUT2D eigenvalue weighted by Crippen LogP contribution is -2.17. The van der Waals surface area contributed by atoms with Crippen molar-refractivity contribution in [3.63, 3.8) is 0 Å². The molecule has 0 N–H and O–H groups in total. The molecule has 0 amide bonds. The van der Waals surface area contributed by atoms with Crippen molar-refractivity contribution in [2.75, 3.05) is 4.31 Å². The Labute approximate surface area is 153 Å². The number of hydrogen-bond acceptors (Lipinski definition) is 7. The average Bonchev–Trinajstić information content (AvgIpc) is 2.92. The molecule has 0 spiro atoms. The van der Waals surface area contributed by atoms with Gasteiger partial charge in [0.1, 0.15) is 17.5 Å². The molecule has 0 saturated carbocycles. The number of anilines is 2. The van der Waals surface area contributed by atoms with Gasteiger partial charge in [-0.25, -0.2) is 14.3 Å². The minimum absolute atomic E-state index is 0.0370. The third kappa shape index (κ3) is 3.86. The Bertz CT molecular complexity index is 993. The van der Waals surface area contributed by atoms with E-state index in [4.69, 9.17) is 0 Å². The fraction of sp³-hybridized carbons (Fsp3) is 0.143. The summed E-state index contributed by atoms with van der Waals surface area (Å²) in [5.41, 5.74) is 0.328. The summed E-state index contributed by atoms with van der Waals surface area (Å²) in [7, 11) is 1.52. The van der Waals surface area contributed by atoms with Crippen molar-refractivity contribution in [1.29, 1.82) is 0 Å². The van der Waals surface area contributed by atoms with E-state index in [1.165, 1.54) is 29.8 Å². The highest BCUT2D eigenvalue weighted by atomic mass is 32.2. The van der Waals surface area contributed by atoms with Crippen molar-refractivity contribution >= 4 is 40.8 Å². The van der Waals surface area contributed by atoms with Crippen molar-refractivity contribution in [2.24, 2.45) is 7.05 Å². The van der Waals surface area contributed by atoms with Gasteiger partial charge in [-0.2, -0.15) is 0 Å². The molecule has 3 aromatic rings. The molecule has 1 aromatic carbocycles. The second-order valence-electron chi connectivity index (χ2n) is 5.17. The summed E-state index contributed by atoms with van der Waals surface area (Å²) < 4.78 is 56.4. The van der Waals surface area contributed by atoms with Crippen LogP contribution in [0.5, 0.6) is 5.75 Å². The zero-order chi connectivity index (χ0) is 19.8. The van der Waals surface area contributed by atoms with E-state index in [1.807, 2.05) is 0 Å². The zero-order valence-electron chi connectivity index (χ0n) is 13.3. The molecular weight excluding hydrogens is 394 g/mol. The van der Waals surface area contributed by atoms with Gasteiger partial charge >= 0.3 is 6.36 Å². The first kappa shape index (κ1) is 18.7. The van der Waals surface area contributed by atoms with E-state index in [9.17, 15) is 27.2 Å². The second kappa shape index (κ2) is 6.90. The summed E-state index contributed by atoms with van der Waals surface area (Å²) in [5.74, 6) is -0.424. The van der Waals surface area contributed by atoms with Gasteiger partial charge in [0.25, 0.3) is 5.69 Å². The highest BCUT2D eigenvalue weighted by Crippen LogP contribution is 2.35. The minimum atomic E-state index is -4.84. The molecule has 3 rings (SSSR count). The lowest BCUT2D eigenvalue weighted by atomic mass is 10.3. The smallest absolute Gasteiger partial charge is 0.406 e. The molecule has 0 bridgehead atoms. The van der Waals surface area contributed by atoms with Gasteiger partial charge in [-0.3, -0.25) is 14.7 Å². The van der Waals surface area contributed by atoms with E-state index in [0.717, 1.165) is 22.6 Å². The van der Waals surface area contributed by atoms with E-state index in [-0.39, 0.29) is 40.8 Å². The summed E-state index contributed by atoms with van der Waals surface area (Å²) in [5, 5.41) is 10.8. The fourth-order valence-electron chi connectivity index (χ4n) is 2.30. The maximum Gasteiger partial charge on any atom is 0.573 e. The summed E-state index contributed by atoms with van der Waals surface area (Å²) in [4.78, 5) is 18.3. The summed E-state index contributed by atoms with van der Waals surface area (Å²) in [6.45, 7) is 0. The first-order chi connectivity index (χ1) is 12.7. The van der Waals surface area contributed by atoms with Crippen LogP contribution in [0, 0.1) is 10.1 Å². The Hall–Kier alpha value is -3.09. The van der Waals surface area contributed by atoms with Crippen molar-refractivity contribution in [2.45, 2.75) is 6.36 Å². The Balaban J connectivity index is 1.98. The van der Waals surface area contributed by atoms with Gasteiger partial charge in [-0.1, -0.05) is 0 Å². The Morgan fingerprint density at radius 3 is 2.52 bits per heavy atom. The maximum atomic E-state index is 13.6. The molecule has 2 heterocycles. The lowest BCUT2D eigenvalue weighted by Gasteiger charge is -2.18. The lowest BCUT2D eigenvalue weighted by molar-refractivity contribution is -0.385. The number of aromatic nitrogens is 3. The summed E-state index contributed by atoms with van der Waals surface area (Å²) >= 11 is -0.240. The monoisotopic (exact) mass is 403 g/mol. The number of fused-ring (bicyclic) bond motifs is 1. The third-order valence-electron chi connectivity index (χ3n) is 3.44. The van der Waals surface area contributed by atoms with Crippen LogP contribution in [0.2, 0.25) is 0 Å². The minimum Gasteiger partial charge on any atom is -0.406 e. The normalized spacial score (nSPS) is 11.6. The van der Waals surface area contributed by atoms with E-state index in [0.29, 0.717) is 0 Å². The number of aryl methyl sites for hydroxylation is 1. The van der Waals surface area contributed by atoms with Crippen LogP contribution in [0.25, 0.3) is 11.2 Å². The van der Waals surface area contributed by atoms with E-state index in [2.05, 4.69) is 14.7 Å². The van der Waals surface area contributed by atoms with Gasteiger partial charge in [-0.15, -0.1) is 17.1 Å². The highest BCUT2D eigenvalue weighted by molar-refractivity contribution is 7.96. The number of hydrogen-bond donors (Lipinski definition) is 0. The number of benzene rings is 1. The number of rotatable bonds is 5. The molecule has 0 aliphatic heterocycles. The standard InChI is InChI=1S/C14H9F4N5O3S/c1-21-12-11(6-9(7-19-12)23(24)25)20-13(21)22(27-18)8-2-4-10(5-3-8)26-14(15,16)17/h2-7H,1H3. The third-order valence-corrected chi connectivity index (χ3v) is 3.95. The van der Waals surface area contributed by atoms with E-state index >= 15 is 0 Å². The number of nitro groups is 1. The van der Waals surface area contributed by atoms with Crippen molar-refractivity contribution in [1.82, 2.24) is 14.5 Å². The van der Waals surface area contributed by atoms with Crippen molar-refractivity contribution in [3.05, 3.63) is 46.6 Å². The van der Waals surface area contributed by atoms with Crippen LogP contribution >= 0.6 is 12.3 Å². The number of halogens is 4. The topological polar surface area (TPSA) is 86.3 Å². The predicted molar refractivity (Wildman–Crippen MR) is 89.1 cm³/mol. The Morgan fingerprint density at radius 1 is 1.30 bits per heavy atom. The molecule has 0 radical (unpaired) electrons. The first-order valence-electron chi connectivity index (χ1n) is 7.11. The van der Waals surface area contributed by atoms with Crippen LogP contribution < -0.4 is 9.04 Å². The number of alkyl halides is 3. The van der Waals surface area contributed by atoms with E-state index in [1.54, 1.807) is 0 Å². The van der Waals surface area contributed by atoms with Gasteiger partial charge < -0.3 is 4.74 Å². The zero-order valence-corrected chi connectivity index (χ0v) is 14.2. The molecule has 142 valence electrons. The highest BCUT2D eigenvalue weighted by Gasteiger charge is 2.31. The number of ether oxygens (including phenoxy) is 1. The molecule has 0 atom stereocenters. The van der Waals surface area contributed by atoms with Crippen LogP contribution in [0.4, 0.5) is 34.4 Å². The molecule has 27 heavy (non-hydrogen) atoms. The number of imidazole rings is 1. The Morgan fingerprint density at radius 2 is 1.96 bits per heavy atom. The van der Waals surface area contributed by atoms with Crippen LogP contribution in [0.3, 0.4) is 0 Å². The van der Waals surface area contributed by atoms with Crippen molar-refractivity contribution < 1.29 is 26.7 Å². The molecule has 0 aliphatic rings. The quantitative estimate of drug-likeness (QED) is 0.269. The van der Waals surface area contributed by atoms with Crippen LogP contribution in [-0.4, -0.2) is 25.8 Å². The Kier molecular flexibility index (Phi) is 4.78. The molecule has 13 heteroatoms. The second-order valence-corrected chi connectivity index (χ2v) is 5.67. The average molecular weight is 403 g/mol. The molecule has 0 fully saturated rings. The largest absolute Gasteiger partial charge is 0.573 e. The van der Waals surface area contributed by atoms with E-state index < -0.39 is 17.0 Å². The predicted octanol–water partition coefficient (Wildman–Crippen LogP) is 4.45. The van der Waals surface area contributed by atoms with Gasteiger partial charge in [0, 0.05) is 13.1 Å². The van der Waals surface area contributed by atoms with Gasteiger partial charge in [0.2, 0.25) is 5.95 Å². The molecule has 0 aliphatic carbocycles. The summed E-state index contributed by atoms with van der Waals surface area (Å²) in [6.07, 6.45) is -3.79. The van der Waals surface area contributed by atoms with Crippen molar-refractivity contribution in [3.8, 4) is 5.75 Å². The fourth-order valence-corrected chi connectivity index (χ4v) is 2.73. The molecular formula is C14H9F4N5O3S. The molecule has 8 nitrogen and oxygen atoms in total. The SMILES string of the molecule is Cn1c(N(SF)c2ccc(OC(F)(F)F)cc2)nc2cc([N+](=O)[O-])cnc21. The molecule has 2 aromatic heterocycles. The van der Waals surface area contributed by atoms with Crippen LogP contribution in [-0.2, 0) is 7.05 Å². The van der Waals surface area contributed by atoms with Gasteiger partial charge in [0.05, 0.1) is 10.6 Å². The maximum absolute atomic E-state index is 13.6. The van der Waals surface area contributed by atoms with Crippen LogP contribution in [0.1, 0.15) is 0 Å². The number of pyridine rings is 1. The number of nitrogens with zero attached hydrogens (tertiary/aromatic N) is 5. The van der Waals surface area contributed by atoms with Crippen LogP contribution in [0.15, 0.2) is 36.5 Å². The molecule has 0 saturated heterocycles. The summed E-state index contributed by atoms with van der Waals surface area (Å²) in [6, 6.07) is 5.66. The van der Waals surface area contributed by atoms with Gasteiger partial charge in [-0.05, 0) is 24.3 Å².